The van der Waals surface area contributed by atoms with E-state index < -0.39 is 6.09 Å². The maximum Gasteiger partial charge on any atom is 0.408 e. The van der Waals surface area contributed by atoms with Crippen LogP contribution in [0.1, 0.15) is 24.4 Å². The zero-order valence-electron chi connectivity index (χ0n) is 9.95. The van der Waals surface area contributed by atoms with Crippen molar-refractivity contribution in [3.05, 3.63) is 48.0 Å². The van der Waals surface area contributed by atoms with Crippen LogP contribution in [0, 0.1) is 0 Å². The number of amides is 1. The maximum absolute atomic E-state index is 11.3. The van der Waals surface area contributed by atoms with Gasteiger partial charge in [-0.15, -0.1) is 10.2 Å². The molecule has 2 N–H and O–H groups in total. The highest BCUT2D eigenvalue weighted by Crippen LogP contribution is 2.18. The van der Waals surface area contributed by atoms with Gasteiger partial charge in [0.1, 0.15) is 6.33 Å². The van der Waals surface area contributed by atoms with Crippen molar-refractivity contribution in [1.82, 2.24) is 20.1 Å². The average Bonchev–Trinajstić information content (AvgIpc) is 2.90. The summed E-state index contributed by atoms with van der Waals surface area (Å²) in [6.07, 6.45) is 0.455. The monoisotopic (exact) mass is 246 g/mol. The summed E-state index contributed by atoms with van der Waals surface area (Å²) in [7, 11) is 0. The summed E-state index contributed by atoms with van der Waals surface area (Å²) >= 11 is 0. The lowest BCUT2D eigenvalue weighted by atomic mass is 10.2. The number of H-pyrrole nitrogens is 1. The Morgan fingerprint density at radius 1 is 1.44 bits per heavy atom. The molecular formula is C12H14N4O2. The van der Waals surface area contributed by atoms with E-state index in [4.69, 9.17) is 0 Å². The Labute approximate surface area is 104 Å². The lowest BCUT2D eigenvalue weighted by molar-refractivity contribution is 0.122. The van der Waals surface area contributed by atoms with Gasteiger partial charge in [-0.25, -0.2) is 4.79 Å². The molecule has 0 bridgehead atoms. The molecular weight excluding hydrogens is 232 g/mol. The minimum Gasteiger partial charge on any atom is -0.465 e. The van der Waals surface area contributed by atoms with Crippen molar-refractivity contribution < 1.29 is 9.90 Å². The highest BCUT2D eigenvalue weighted by molar-refractivity contribution is 5.65. The molecule has 18 heavy (non-hydrogen) atoms. The standard InChI is InChI=1S/C12H14N4O2/c1-9(11-13-8-14-15-11)16(12(17)18)7-10-5-3-2-4-6-10/h2-6,8-9H,7H2,1H3,(H,17,18)(H,13,14,15)/t9-/m0/s1. The first-order valence-electron chi connectivity index (χ1n) is 5.58. The van der Waals surface area contributed by atoms with E-state index in [1.54, 1.807) is 6.92 Å². The van der Waals surface area contributed by atoms with Crippen LogP contribution in [0.5, 0.6) is 0 Å². The number of hydrogen-bond donors (Lipinski definition) is 2. The largest absolute Gasteiger partial charge is 0.465 e. The van der Waals surface area contributed by atoms with Gasteiger partial charge in [-0.05, 0) is 12.5 Å². The van der Waals surface area contributed by atoms with Crippen molar-refractivity contribution in [2.24, 2.45) is 0 Å². The van der Waals surface area contributed by atoms with E-state index in [1.165, 1.54) is 11.2 Å². The molecule has 6 heteroatoms. The Morgan fingerprint density at radius 3 is 2.72 bits per heavy atom. The normalized spacial score (nSPS) is 12.1. The smallest absolute Gasteiger partial charge is 0.408 e. The Morgan fingerprint density at radius 2 is 2.17 bits per heavy atom. The molecule has 6 nitrogen and oxygen atoms in total. The molecule has 1 heterocycles. The summed E-state index contributed by atoms with van der Waals surface area (Å²) in [6, 6.07) is 9.08. The third-order valence-corrected chi connectivity index (χ3v) is 2.74. The summed E-state index contributed by atoms with van der Waals surface area (Å²) in [5, 5.41) is 16.8. The third-order valence-electron chi connectivity index (χ3n) is 2.74. The van der Waals surface area contributed by atoms with Crippen LogP contribution in [0.2, 0.25) is 0 Å². The van der Waals surface area contributed by atoms with E-state index in [-0.39, 0.29) is 6.04 Å². The van der Waals surface area contributed by atoms with Crippen molar-refractivity contribution >= 4 is 6.09 Å². The van der Waals surface area contributed by atoms with E-state index >= 15 is 0 Å². The van der Waals surface area contributed by atoms with E-state index in [0.29, 0.717) is 12.4 Å². The molecule has 1 amide bonds. The average molecular weight is 246 g/mol. The van der Waals surface area contributed by atoms with Crippen LogP contribution in [0.3, 0.4) is 0 Å². The Balaban J connectivity index is 2.16. The number of hydrogen-bond acceptors (Lipinski definition) is 3. The van der Waals surface area contributed by atoms with Gasteiger partial charge in [0.2, 0.25) is 0 Å². The molecule has 94 valence electrons. The maximum atomic E-state index is 11.3. The van der Waals surface area contributed by atoms with Crippen molar-refractivity contribution in [3.8, 4) is 0 Å². The SMILES string of the molecule is C[C@@H](c1nnc[nH]1)N(Cc1ccccc1)C(=O)O. The third kappa shape index (κ3) is 2.65. The Hall–Kier alpha value is -2.37. The minimum atomic E-state index is -0.984. The second kappa shape index (κ2) is 5.31. The summed E-state index contributed by atoms with van der Waals surface area (Å²) < 4.78 is 0. The number of aromatic nitrogens is 3. The van der Waals surface area contributed by atoms with Gasteiger partial charge >= 0.3 is 6.09 Å². The van der Waals surface area contributed by atoms with Gasteiger partial charge in [0.05, 0.1) is 6.04 Å². The fourth-order valence-corrected chi connectivity index (χ4v) is 1.72. The van der Waals surface area contributed by atoms with Crippen LogP contribution in [0.25, 0.3) is 0 Å². The first kappa shape index (κ1) is 12.1. The molecule has 0 unspecified atom stereocenters. The van der Waals surface area contributed by atoms with Crippen molar-refractivity contribution in [2.45, 2.75) is 19.5 Å². The van der Waals surface area contributed by atoms with Crippen LogP contribution in [-0.2, 0) is 6.54 Å². The van der Waals surface area contributed by atoms with Gasteiger partial charge < -0.3 is 10.1 Å². The molecule has 0 spiro atoms. The van der Waals surface area contributed by atoms with E-state index in [2.05, 4.69) is 15.2 Å². The van der Waals surface area contributed by atoms with Gasteiger partial charge in [0.15, 0.2) is 5.82 Å². The number of carboxylic acid groups (broad SMARTS) is 1. The first-order chi connectivity index (χ1) is 8.68. The summed E-state index contributed by atoms with van der Waals surface area (Å²) in [6.45, 7) is 2.09. The van der Waals surface area contributed by atoms with E-state index in [0.717, 1.165) is 5.56 Å². The van der Waals surface area contributed by atoms with Gasteiger partial charge in [-0.3, -0.25) is 4.90 Å². The van der Waals surface area contributed by atoms with Crippen LogP contribution in [0.15, 0.2) is 36.7 Å². The molecule has 2 rings (SSSR count). The summed E-state index contributed by atoms with van der Waals surface area (Å²) in [4.78, 5) is 15.5. The number of carbonyl (C=O) groups is 1. The zero-order chi connectivity index (χ0) is 13.0. The Bertz CT molecular complexity index is 498. The number of benzene rings is 1. The molecule has 0 saturated heterocycles. The lowest BCUT2D eigenvalue weighted by Crippen LogP contribution is -2.32. The second-order valence-corrected chi connectivity index (χ2v) is 3.95. The molecule has 0 fully saturated rings. The Kier molecular flexibility index (Phi) is 3.57. The molecule has 0 aliphatic carbocycles. The van der Waals surface area contributed by atoms with Gasteiger partial charge in [0.25, 0.3) is 0 Å². The quantitative estimate of drug-likeness (QED) is 0.864. The van der Waals surface area contributed by atoms with Crippen LogP contribution in [0.4, 0.5) is 4.79 Å². The number of rotatable bonds is 4. The fourth-order valence-electron chi connectivity index (χ4n) is 1.72. The number of nitrogens with one attached hydrogen (secondary N) is 1. The molecule has 0 radical (unpaired) electrons. The predicted octanol–water partition coefficient (Wildman–Crippen LogP) is 2.05. The fraction of sp³-hybridized carbons (Fsp3) is 0.250. The minimum absolute atomic E-state index is 0.317. The molecule has 0 saturated carbocycles. The highest BCUT2D eigenvalue weighted by Gasteiger charge is 2.23. The highest BCUT2D eigenvalue weighted by atomic mass is 16.4. The molecule has 0 aliphatic heterocycles. The zero-order valence-corrected chi connectivity index (χ0v) is 9.95. The molecule has 1 aromatic carbocycles. The van der Waals surface area contributed by atoms with E-state index in [1.807, 2.05) is 30.3 Å². The summed E-state index contributed by atoms with van der Waals surface area (Å²) in [5.41, 5.74) is 0.936. The van der Waals surface area contributed by atoms with Crippen molar-refractivity contribution in [3.63, 3.8) is 0 Å². The molecule has 1 atom stereocenters. The van der Waals surface area contributed by atoms with Crippen LogP contribution in [-0.4, -0.2) is 31.3 Å². The second-order valence-electron chi connectivity index (χ2n) is 3.95. The first-order valence-corrected chi connectivity index (χ1v) is 5.58. The molecule has 2 aromatic rings. The molecule has 1 aromatic heterocycles. The van der Waals surface area contributed by atoms with Crippen molar-refractivity contribution in [1.29, 1.82) is 0 Å². The summed E-state index contributed by atoms with van der Waals surface area (Å²) in [5.74, 6) is 0.535. The number of aromatic amines is 1. The number of nitrogens with zero attached hydrogens (tertiary/aromatic N) is 3. The van der Waals surface area contributed by atoms with Crippen LogP contribution < -0.4 is 0 Å². The topological polar surface area (TPSA) is 82.1 Å². The van der Waals surface area contributed by atoms with Gasteiger partial charge in [-0.1, -0.05) is 30.3 Å². The van der Waals surface area contributed by atoms with Crippen LogP contribution >= 0.6 is 0 Å². The van der Waals surface area contributed by atoms with Gasteiger partial charge in [0, 0.05) is 6.54 Å². The predicted molar refractivity (Wildman–Crippen MR) is 64.8 cm³/mol. The van der Waals surface area contributed by atoms with Crippen molar-refractivity contribution in [2.75, 3.05) is 0 Å². The van der Waals surface area contributed by atoms with E-state index in [9.17, 15) is 9.90 Å². The molecule has 0 aliphatic rings. The van der Waals surface area contributed by atoms with Gasteiger partial charge in [-0.2, -0.15) is 0 Å². The lowest BCUT2D eigenvalue weighted by Gasteiger charge is -2.24.